The molecule has 1 atom stereocenters. The van der Waals surface area contributed by atoms with Gasteiger partial charge in [-0.25, -0.2) is 9.97 Å². The molecule has 0 spiro atoms. The van der Waals surface area contributed by atoms with Gasteiger partial charge in [0, 0.05) is 31.5 Å². The molecule has 4 heterocycles. The molecule has 4 rings (SSSR count). The van der Waals surface area contributed by atoms with E-state index in [-0.39, 0.29) is 23.6 Å². The standard InChI is InChI=1S/C17H16N6O3/c24-12-5-10(6-18-7-12)17(26)23-4-2-11(8-23)22-16(25)14-13-1-3-19-15(13)21-9-20-14/h1,3,5-7,9,11,24H,2,4,8H2,(H,22,25)(H,19,20,21)/t11-/m0/s1. The van der Waals surface area contributed by atoms with Crippen LogP contribution in [0.1, 0.15) is 27.3 Å². The molecule has 0 radical (unpaired) electrons. The van der Waals surface area contributed by atoms with E-state index in [2.05, 4.69) is 25.3 Å². The number of aromatic amines is 1. The van der Waals surface area contributed by atoms with E-state index in [4.69, 9.17) is 0 Å². The van der Waals surface area contributed by atoms with Crippen molar-refractivity contribution < 1.29 is 14.7 Å². The maximum absolute atomic E-state index is 12.5. The van der Waals surface area contributed by atoms with Crippen LogP contribution in [0.3, 0.4) is 0 Å². The summed E-state index contributed by atoms with van der Waals surface area (Å²) < 4.78 is 0. The Kier molecular flexibility index (Phi) is 3.96. The lowest BCUT2D eigenvalue weighted by Gasteiger charge is -2.17. The molecule has 26 heavy (non-hydrogen) atoms. The number of hydrogen-bond donors (Lipinski definition) is 3. The Hall–Kier alpha value is -3.49. The van der Waals surface area contributed by atoms with Crippen molar-refractivity contribution in [3.05, 3.63) is 48.3 Å². The summed E-state index contributed by atoms with van der Waals surface area (Å²) in [7, 11) is 0. The molecule has 0 bridgehead atoms. The first-order valence-electron chi connectivity index (χ1n) is 8.14. The van der Waals surface area contributed by atoms with Crippen LogP contribution in [0.25, 0.3) is 11.0 Å². The zero-order valence-corrected chi connectivity index (χ0v) is 13.7. The molecule has 3 aromatic heterocycles. The fraction of sp³-hybridized carbons (Fsp3) is 0.235. The van der Waals surface area contributed by atoms with Gasteiger partial charge in [0.1, 0.15) is 23.4 Å². The first kappa shape index (κ1) is 16.0. The minimum absolute atomic E-state index is 0.0563. The van der Waals surface area contributed by atoms with Gasteiger partial charge in [0.2, 0.25) is 0 Å². The van der Waals surface area contributed by atoms with Gasteiger partial charge < -0.3 is 20.3 Å². The number of nitrogens with zero attached hydrogens (tertiary/aromatic N) is 4. The molecule has 9 heteroatoms. The number of nitrogens with one attached hydrogen (secondary N) is 2. The number of amides is 2. The van der Waals surface area contributed by atoms with Crippen molar-refractivity contribution in [3.63, 3.8) is 0 Å². The molecule has 1 aliphatic heterocycles. The van der Waals surface area contributed by atoms with Gasteiger partial charge in [0.05, 0.1) is 17.1 Å². The second kappa shape index (κ2) is 6.43. The number of aromatic nitrogens is 4. The van der Waals surface area contributed by atoms with Crippen LogP contribution < -0.4 is 5.32 Å². The van der Waals surface area contributed by atoms with E-state index in [1.807, 2.05) is 0 Å². The Bertz CT molecular complexity index is 985. The monoisotopic (exact) mass is 352 g/mol. The first-order chi connectivity index (χ1) is 12.6. The summed E-state index contributed by atoms with van der Waals surface area (Å²) in [6.45, 7) is 0.907. The van der Waals surface area contributed by atoms with Crippen molar-refractivity contribution in [2.75, 3.05) is 13.1 Å². The minimum atomic E-state index is -0.296. The molecular weight excluding hydrogens is 336 g/mol. The fourth-order valence-electron chi connectivity index (χ4n) is 3.10. The van der Waals surface area contributed by atoms with Crippen LogP contribution in [-0.2, 0) is 0 Å². The fourth-order valence-corrected chi connectivity index (χ4v) is 3.10. The summed E-state index contributed by atoms with van der Waals surface area (Å²) >= 11 is 0. The highest BCUT2D eigenvalue weighted by Crippen LogP contribution is 2.17. The second-order valence-electron chi connectivity index (χ2n) is 6.10. The largest absolute Gasteiger partial charge is 0.506 e. The average molecular weight is 352 g/mol. The molecule has 132 valence electrons. The molecule has 0 aliphatic carbocycles. The normalized spacial score (nSPS) is 16.8. The third kappa shape index (κ3) is 2.94. The summed E-state index contributed by atoms with van der Waals surface area (Å²) in [6, 6.07) is 2.97. The van der Waals surface area contributed by atoms with Gasteiger partial charge in [-0.15, -0.1) is 0 Å². The summed E-state index contributed by atoms with van der Waals surface area (Å²) in [5.41, 5.74) is 1.23. The predicted octanol–water partition coefficient (Wildman–Crippen LogP) is 0.703. The van der Waals surface area contributed by atoms with E-state index in [1.54, 1.807) is 17.2 Å². The molecular formula is C17H16N6O3. The number of H-pyrrole nitrogens is 1. The topological polar surface area (TPSA) is 124 Å². The van der Waals surface area contributed by atoms with Crippen LogP contribution in [0.2, 0.25) is 0 Å². The molecule has 0 aromatic carbocycles. The van der Waals surface area contributed by atoms with Crippen LogP contribution in [-0.4, -0.2) is 60.9 Å². The Morgan fingerprint density at radius 3 is 3.04 bits per heavy atom. The van der Waals surface area contributed by atoms with Crippen molar-refractivity contribution in [3.8, 4) is 5.75 Å². The van der Waals surface area contributed by atoms with Gasteiger partial charge in [-0.2, -0.15) is 0 Å². The molecule has 1 fully saturated rings. The highest BCUT2D eigenvalue weighted by molar-refractivity contribution is 6.03. The van der Waals surface area contributed by atoms with Crippen molar-refractivity contribution in [1.29, 1.82) is 0 Å². The summed E-state index contributed by atoms with van der Waals surface area (Å²) in [5, 5.41) is 13.0. The number of likely N-dealkylation sites (tertiary alicyclic amines) is 1. The summed E-state index contributed by atoms with van der Waals surface area (Å²) in [5.74, 6) is -0.574. The number of carbonyl (C=O) groups excluding carboxylic acids is 2. The minimum Gasteiger partial charge on any atom is -0.506 e. The maximum Gasteiger partial charge on any atom is 0.270 e. The third-order valence-electron chi connectivity index (χ3n) is 4.35. The Morgan fingerprint density at radius 2 is 2.19 bits per heavy atom. The van der Waals surface area contributed by atoms with E-state index in [0.29, 0.717) is 41.8 Å². The van der Waals surface area contributed by atoms with Crippen LogP contribution in [0.4, 0.5) is 0 Å². The lowest BCUT2D eigenvalue weighted by atomic mass is 10.2. The Labute approximate surface area is 148 Å². The summed E-state index contributed by atoms with van der Waals surface area (Å²) in [6.07, 6.45) is 6.37. The Balaban J connectivity index is 1.43. The number of rotatable bonds is 3. The Morgan fingerprint density at radius 1 is 1.31 bits per heavy atom. The molecule has 3 aromatic rings. The van der Waals surface area contributed by atoms with Crippen molar-refractivity contribution >= 4 is 22.8 Å². The zero-order valence-electron chi connectivity index (χ0n) is 13.7. The molecule has 0 saturated carbocycles. The van der Waals surface area contributed by atoms with Crippen LogP contribution in [0.15, 0.2) is 37.1 Å². The predicted molar refractivity (Wildman–Crippen MR) is 91.6 cm³/mol. The quantitative estimate of drug-likeness (QED) is 0.637. The summed E-state index contributed by atoms with van der Waals surface area (Å²) in [4.78, 5) is 41.6. The van der Waals surface area contributed by atoms with Gasteiger partial charge in [-0.1, -0.05) is 0 Å². The molecule has 1 saturated heterocycles. The van der Waals surface area contributed by atoms with E-state index in [9.17, 15) is 14.7 Å². The van der Waals surface area contributed by atoms with Gasteiger partial charge in [0.15, 0.2) is 0 Å². The first-order valence-corrected chi connectivity index (χ1v) is 8.14. The maximum atomic E-state index is 12.5. The SMILES string of the molecule is O=C(N[C@H]1CCN(C(=O)c2cncc(O)c2)C1)c1ncnc2[nH]ccc12. The van der Waals surface area contributed by atoms with Gasteiger partial charge in [-0.3, -0.25) is 14.6 Å². The molecule has 2 amide bonds. The van der Waals surface area contributed by atoms with E-state index >= 15 is 0 Å². The zero-order chi connectivity index (χ0) is 18.1. The molecule has 1 aliphatic rings. The van der Waals surface area contributed by atoms with Gasteiger partial charge >= 0.3 is 0 Å². The van der Waals surface area contributed by atoms with Gasteiger partial charge in [0.25, 0.3) is 11.8 Å². The number of pyridine rings is 1. The smallest absolute Gasteiger partial charge is 0.270 e. The average Bonchev–Trinajstić information content (AvgIpc) is 3.29. The second-order valence-corrected chi connectivity index (χ2v) is 6.10. The molecule has 3 N–H and O–H groups in total. The highest BCUT2D eigenvalue weighted by Gasteiger charge is 2.29. The number of fused-ring (bicyclic) bond motifs is 1. The van der Waals surface area contributed by atoms with E-state index in [1.165, 1.54) is 24.8 Å². The molecule has 0 unspecified atom stereocenters. The number of carbonyl (C=O) groups is 2. The van der Waals surface area contributed by atoms with Crippen LogP contribution in [0, 0.1) is 0 Å². The van der Waals surface area contributed by atoms with Crippen molar-refractivity contribution in [1.82, 2.24) is 30.2 Å². The van der Waals surface area contributed by atoms with Gasteiger partial charge in [-0.05, 0) is 18.6 Å². The van der Waals surface area contributed by atoms with Crippen LogP contribution in [0.5, 0.6) is 5.75 Å². The molecule has 9 nitrogen and oxygen atoms in total. The van der Waals surface area contributed by atoms with Crippen molar-refractivity contribution in [2.24, 2.45) is 0 Å². The van der Waals surface area contributed by atoms with E-state index in [0.717, 1.165) is 0 Å². The van der Waals surface area contributed by atoms with Crippen LogP contribution >= 0.6 is 0 Å². The lowest BCUT2D eigenvalue weighted by Crippen LogP contribution is -2.38. The lowest BCUT2D eigenvalue weighted by molar-refractivity contribution is 0.0782. The van der Waals surface area contributed by atoms with E-state index < -0.39 is 0 Å². The van der Waals surface area contributed by atoms with Crippen molar-refractivity contribution in [2.45, 2.75) is 12.5 Å². The number of aromatic hydroxyl groups is 1. The third-order valence-corrected chi connectivity index (χ3v) is 4.35. The number of hydrogen-bond acceptors (Lipinski definition) is 6. The highest BCUT2D eigenvalue weighted by atomic mass is 16.3.